The second kappa shape index (κ2) is 6.12. The van der Waals surface area contributed by atoms with Crippen LogP contribution in [0.25, 0.3) is 10.9 Å². The van der Waals surface area contributed by atoms with E-state index in [-0.39, 0.29) is 23.9 Å². The Kier molecular flexibility index (Phi) is 3.79. The number of allylic oxidation sites excluding steroid dienone is 1. The standard InChI is InChI=1S/C22H25N3O3/c1-12(2)9-18-20-15(14-7-6-13(28-3)10-16(14)23-20)11-19-21(26)24-8-4-5-17(24)22(27)25(18)19/h6-7,9-10,17-19,23H,4-5,8,11H2,1-3H3/t17?,18-,19-/m0/s1. The Balaban J connectivity index is 1.70. The summed E-state index contributed by atoms with van der Waals surface area (Å²) >= 11 is 0. The molecule has 3 atom stereocenters. The van der Waals surface area contributed by atoms with Crippen molar-refractivity contribution >= 4 is 22.7 Å². The van der Waals surface area contributed by atoms with Gasteiger partial charge in [0.05, 0.1) is 13.2 Å². The van der Waals surface area contributed by atoms with Gasteiger partial charge in [0.25, 0.3) is 0 Å². The number of nitrogens with zero attached hydrogens (tertiary/aromatic N) is 2. The summed E-state index contributed by atoms with van der Waals surface area (Å²) in [5, 5.41) is 1.10. The minimum absolute atomic E-state index is 0.0893. The van der Waals surface area contributed by atoms with Crippen LogP contribution in [0.2, 0.25) is 0 Å². The Morgan fingerprint density at radius 1 is 1.21 bits per heavy atom. The van der Waals surface area contributed by atoms with Gasteiger partial charge >= 0.3 is 0 Å². The first-order chi connectivity index (χ1) is 13.5. The third-order valence-corrected chi connectivity index (χ3v) is 6.33. The fraction of sp³-hybridized carbons (Fsp3) is 0.455. The van der Waals surface area contributed by atoms with Crippen LogP contribution in [0, 0.1) is 0 Å². The van der Waals surface area contributed by atoms with Gasteiger partial charge in [-0.15, -0.1) is 0 Å². The summed E-state index contributed by atoms with van der Waals surface area (Å²) in [5.74, 6) is 0.977. The maximum Gasteiger partial charge on any atom is 0.246 e. The van der Waals surface area contributed by atoms with Crippen molar-refractivity contribution < 1.29 is 14.3 Å². The molecule has 1 N–H and O–H groups in total. The average Bonchev–Trinajstić information content (AvgIpc) is 3.30. The first-order valence-electron chi connectivity index (χ1n) is 9.95. The Labute approximate surface area is 164 Å². The van der Waals surface area contributed by atoms with Crippen molar-refractivity contribution in [3.05, 3.63) is 41.1 Å². The first-order valence-corrected chi connectivity index (χ1v) is 9.95. The number of piperazine rings is 1. The lowest BCUT2D eigenvalue weighted by Gasteiger charge is -2.47. The number of nitrogens with one attached hydrogen (secondary N) is 1. The largest absolute Gasteiger partial charge is 0.497 e. The van der Waals surface area contributed by atoms with Crippen molar-refractivity contribution in [3.8, 4) is 5.75 Å². The third-order valence-electron chi connectivity index (χ3n) is 6.33. The predicted molar refractivity (Wildman–Crippen MR) is 106 cm³/mol. The molecule has 3 aliphatic heterocycles. The smallest absolute Gasteiger partial charge is 0.246 e. The number of ether oxygens (including phenoxy) is 1. The normalized spacial score (nSPS) is 26.2. The molecule has 0 aliphatic carbocycles. The zero-order chi connectivity index (χ0) is 19.6. The highest BCUT2D eigenvalue weighted by atomic mass is 16.5. The maximum atomic E-state index is 13.4. The van der Waals surface area contributed by atoms with Crippen molar-refractivity contribution in [3.63, 3.8) is 0 Å². The number of amides is 2. The van der Waals surface area contributed by atoms with E-state index in [2.05, 4.69) is 11.1 Å². The molecule has 0 saturated carbocycles. The molecule has 2 fully saturated rings. The molecule has 1 aromatic heterocycles. The zero-order valence-corrected chi connectivity index (χ0v) is 16.5. The lowest BCUT2D eigenvalue weighted by atomic mass is 9.87. The Bertz CT molecular complexity index is 1020. The van der Waals surface area contributed by atoms with Gasteiger partial charge in [-0.1, -0.05) is 11.6 Å². The molecule has 4 heterocycles. The molecule has 6 nitrogen and oxygen atoms in total. The van der Waals surface area contributed by atoms with Gasteiger partial charge in [-0.25, -0.2) is 0 Å². The molecule has 28 heavy (non-hydrogen) atoms. The van der Waals surface area contributed by atoms with Crippen LogP contribution in [0.1, 0.15) is 44.0 Å². The Morgan fingerprint density at radius 3 is 2.79 bits per heavy atom. The maximum absolute atomic E-state index is 13.4. The molecule has 0 bridgehead atoms. The van der Waals surface area contributed by atoms with Gasteiger partial charge in [0.2, 0.25) is 11.8 Å². The van der Waals surface area contributed by atoms with Gasteiger partial charge in [0, 0.05) is 35.6 Å². The fourth-order valence-corrected chi connectivity index (χ4v) is 5.11. The van der Waals surface area contributed by atoms with Crippen molar-refractivity contribution in [2.24, 2.45) is 0 Å². The van der Waals surface area contributed by atoms with Gasteiger partial charge in [-0.05, 0) is 44.4 Å². The van der Waals surface area contributed by atoms with E-state index in [1.54, 1.807) is 7.11 Å². The van der Waals surface area contributed by atoms with Crippen LogP contribution in [-0.2, 0) is 16.0 Å². The highest BCUT2D eigenvalue weighted by Crippen LogP contribution is 2.43. The summed E-state index contributed by atoms with van der Waals surface area (Å²) in [7, 11) is 1.65. The minimum atomic E-state index is -0.420. The minimum Gasteiger partial charge on any atom is -0.497 e. The van der Waals surface area contributed by atoms with E-state index in [1.807, 2.05) is 41.8 Å². The molecule has 2 amide bonds. The summed E-state index contributed by atoms with van der Waals surface area (Å²) < 4.78 is 5.37. The van der Waals surface area contributed by atoms with Crippen LogP contribution < -0.4 is 4.74 Å². The predicted octanol–water partition coefficient (Wildman–Crippen LogP) is 2.94. The van der Waals surface area contributed by atoms with Crippen LogP contribution in [-0.4, -0.2) is 52.3 Å². The van der Waals surface area contributed by atoms with E-state index < -0.39 is 6.04 Å². The number of carbonyl (C=O) groups is 2. The lowest BCUT2D eigenvalue weighted by molar-refractivity contribution is -0.162. The number of aromatic nitrogens is 1. The molecule has 2 saturated heterocycles. The third kappa shape index (κ3) is 2.33. The van der Waals surface area contributed by atoms with Crippen molar-refractivity contribution in [2.75, 3.05) is 13.7 Å². The quantitative estimate of drug-likeness (QED) is 0.816. The molecule has 1 aromatic carbocycles. The van der Waals surface area contributed by atoms with Gasteiger partial charge in [0.1, 0.15) is 17.8 Å². The van der Waals surface area contributed by atoms with Crippen LogP contribution in [0.5, 0.6) is 5.75 Å². The summed E-state index contributed by atoms with van der Waals surface area (Å²) in [4.78, 5) is 33.8. The fourth-order valence-electron chi connectivity index (χ4n) is 5.11. The molecule has 6 heteroatoms. The number of fused-ring (bicyclic) bond motifs is 5. The van der Waals surface area contributed by atoms with Crippen molar-refractivity contribution in [1.82, 2.24) is 14.8 Å². The second-order valence-electron chi connectivity index (χ2n) is 8.27. The number of methoxy groups -OCH3 is 1. The SMILES string of the molecule is COc1ccc2c3c([nH]c2c1)[C@H](C=C(C)C)N1C(=O)C2CCCN2C(=O)[C@@H]1C3. The Morgan fingerprint density at radius 2 is 2.04 bits per heavy atom. The number of rotatable bonds is 2. The van der Waals surface area contributed by atoms with E-state index in [0.717, 1.165) is 46.3 Å². The average molecular weight is 379 g/mol. The van der Waals surface area contributed by atoms with Gasteiger partial charge < -0.3 is 19.5 Å². The highest BCUT2D eigenvalue weighted by Gasteiger charge is 2.52. The molecule has 1 unspecified atom stereocenters. The molecule has 5 rings (SSSR count). The van der Waals surface area contributed by atoms with Gasteiger partial charge in [-0.2, -0.15) is 0 Å². The van der Waals surface area contributed by atoms with E-state index in [0.29, 0.717) is 13.0 Å². The highest BCUT2D eigenvalue weighted by molar-refractivity contribution is 5.99. The van der Waals surface area contributed by atoms with Crippen molar-refractivity contribution in [1.29, 1.82) is 0 Å². The van der Waals surface area contributed by atoms with Crippen LogP contribution in [0.4, 0.5) is 0 Å². The molecule has 0 radical (unpaired) electrons. The second-order valence-corrected chi connectivity index (χ2v) is 8.27. The zero-order valence-electron chi connectivity index (χ0n) is 16.5. The first kappa shape index (κ1) is 17.3. The summed E-state index contributed by atoms with van der Waals surface area (Å²) in [5.41, 5.74) is 4.27. The number of carbonyl (C=O) groups excluding carboxylic acids is 2. The lowest BCUT2D eigenvalue weighted by Crippen LogP contribution is -2.65. The van der Waals surface area contributed by atoms with E-state index in [4.69, 9.17) is 4.74 Å². The van der Waals surface area contributed by atoms with Crippen LogP contribution >= 0.6 is 0 Å². The van der Waals surface area contributed by atoms with Crippen LogP contribution in [0.15, 0.2) is 29.8 Å². The number of H-pyrrole nitrogens is 1. The summed E-state index contributed by atoms with van der Waals surface area (Å²) in [6.07, 6.45) is 4.34. The van der Waals surface area contributed by atoms with Gasteiger partial charge in [0.15, 0.2) is 0 Å². The van der Waals surface area contributed by atoms with E-state index >= 15 is 0 Å². The monoisotopic (exact) mass is 379 g/mol. The van der Waals surface area contributed by atoms with E-state index in [9.17, 15) is 9.59 Å². The van der Waals surface area contributed by atoms with Crippen LogP contribution in [0.3, 0.4) is 0 Å². The number of benzene rings is 1. The topological polar surface area (TPSA) is 65.6 Å². The van der Waals surface area contributed by atoms with Crippen molar-refractivity contribution in [2.45, 2.75) is 51.2 Å². The van der Waals surface area contributed by atoms with E-state index in [1.165, 1.54) is 0 Å². The molecular formula is C22H25N3O3. The molecule has 2 aromatic rings. The number of hydrogen-bond acceptors (Lipinski definition) is 3. The summed E-state index contributed by atoms with van der Waals surface area (Å²) in [6.45, 7) is 4.77. The van der Waals surface area contributed by atoms with Gasteiger partial charge in [-0.3, -0.25) is 9.59 Å². The molecular weight excluding hydrogens is 354 g/mol. The Hall–Kier alpha value is -2.76. The molecule has 0 spiro atoms. The number of aromatic amines is 1. The summed E-state index contributed by atoms with van der Waals surface area (Å²) in [6, 6.07) is 5.03. The molecule has 146 valence electrons. The number of hydrogen-bond donors (Lipinski definition) is 1. The molecule has 3 aliphatic rings.